The number of β-amino-alcohol motifs (C(OH)–C–C–N with tert-alkyl or cyclic N) is 1. The number of rotatable bonds is 3. The number of ether oxygens (including phenoxy) is 1. The highest BCUT2D eigenvalue weighted by Crippen LogP contribution is 2.37. The largest absolute Gasteiger partial charge is 0.457 e. The molecule has 1 saturated carbocycles. The van der Waals surface area contributed by atoms with Crippen molar-refractivity contribution in [1.29, 1.82) is 0 Å². The minimum Gasteiger partial charge on any atom is -0.457 e. The summed E-state index contributed by atoms with van der Waals surface area (Å²) in [7, 11) is 0. The molecule has 2 N–H and O–H groups in total. The number of cyclic esters (lactones) is 1. The third-order valence-electron chi connectivity index (χ3n) is 6.18. The second kappa shape index (κ2) is 6.14. The predicted molar refractivity (Wildman–Crippen MR) is 90.9 cm³/mol. The zero-order valence-corrected chi connectivity index (χ0v) is 14.3. The Hall–Kier alpha value is -1.43. The molecule has 1 atom stereocenters. The lowest BCUT2D eigenvalue weighted by atomic mass is 9.90. The zero-order chi connectivity index (χ0) is 16.7. The van der Waals surface area contributed by atoms with Crippen molar-refractivity contribution in [3.8, 4) is 0 Å². The minimum atomic E-state index is -0.526. The Kier molecular flexibility index (Phi) is 4.11. The maximum absolute atomic E-state index is 11.7. The molecule has 4 rings (SSSR count). The number of carbonyl (C=O) groups is 1. The highest BCUT2D eigenvalue weighted by Gasteiger charge is 2.41. The van der Waals surface area contributed by atoms with E-state index in [-0.39, 0.29) is 11.5 Å². The number of nitrogens with one attached hydrogen (secondary N) is 1. The third kappa shape index (κ3) is 2.55. The maximum Gasteiger partial charge on any atom is 0.338 e. The molecule has 2 heterocycles. The summed E-state index contributed by atoms with van der Waals surface area (Å²) in [6.07, 6.45) is 4.48. The number of benzene rings is 1. The summed E-state index contributed by atoms with van der Waals surface area (Å²) in [5, 5.41) is 14.4. The van der Waals surface area contributed by atoms with Crippen molar-refractivity contribution in [2.45, 2.75) is 50.9 Å². The van der Waals surface area contributed by atoms with Gasteiger partial charge in [-0.2, -0.15) is 0 Å². The van der Waals surface area contributed by atoms with E-state index in [9.17, 15) is 9.90 Å². The number of piperazine rings is 1. The van der Waals surface area contributed by atoms with Gasteiger partial charge >= 0.3 is 5.97 Å². The number of aliphatic hydroxyl groups excluding tert-OH is 1. The first-order valence-corrected chi connectivity index (χ1v) is 9.04. The molecule has 5 heteroatoms. The summed E-state index contributed by atoms with van der Waals surface area (Å²) in [4.78, 5) is 14.2. The Bertz CT molecular complexity index is 652. The molecule has 0 amide bonds. The molecule has 0 unspecified atom stereocenters. The van der Waals surface area contributed by atoms with Gasteiger partial charge < -0.3 is 15.2 Å². The SMILES string of the molecule is Cc1c([C@@H](O)CN2CCNCC23CCCC3)ccc2c1COC2=O. The van der Waals surface area contributed by atoms with Crippen LogP contribution >= 0.6 is 0 Å². The van der Waals surface area contributed by atoms with E-state index in [2.05, 4.69) is 10.2 Å². The van der Waals surface area contributed by atoms with Gasteiger partial charge in [0, 0.05) is 37.3 Å². The van der Waals surface area contributed by atoms with Crippen LogP contribution in [-0.2, 0) is 11.3 Å². The second-order valence-corrected chi connectivity index (χ2v) is 7.45. The third-order valence-corrected chi connectivity index (χ3v) is 6.18. The molecule has 1 aromatic carbocycles. The molecule has 2 fully saturated rings. The molecule has 1 spiro atoms. The summed E-state index contributed by atoms with van der Waals surface area (Å²) in [6.45, 7) is 5.99. The lowest BCUT2D eigenvalue weighted by Gasteiger charge is -2.46. The van der Waals surface area contributed by atoms with E-state index < -0.39 is 6.10 Å². The van der Waals surface area contributed by atoms with Gasteiger partial charge in [0.2, 0.25) is 0 Å². The number of esters is 1. The average Bonchev–Trinajstić information content (AvgIpc) is 3.19. The summed E-state index contributed by atoms with van der Waals surface area (Å²) in [5.41, 5.74) is 3.74. The molecule has 1 saturated heterocycles. The molecular formula is C19H26N2O3. The lowest BCUT2D eigenvalue weighted by molar-refractivity contribution is 0.0175. The Morgan fingerprint density at radius 1 is 1.38 bits per heavy atom. The fraction of sp³-hybridized carbons (Fsp3) is 0.632. The molecule has 1 aromatic rings. The minimum absolute atomic E-state index is 0.225. The first-order valence-electron chi connectivity index (χ1n) is 9.04. The molecule has 0 bridgehead atoms. The number of fused-ring (bicyclic) bond motifs is 1. The van der Waals surface area contributed by atoms with Crippen LogP contribution in [0.25, 0.3) is 0 Å². The smallest absolute Gasteiger partial charge is 0.338 e. The normalized spacial score (nSPS) is 24.2. The molecule has 0 radical (unpaired) electrons. The standard InChI is InChI=1S/C19H26N2O3/c1-13-14(4-5-15-16(13)11-24-18(15)23)17(22)10-21-9-8-20-12-19(21)6-2-3-7-19/h4-5,17,20,22H,2-3,6-12H2,1H3/t17-/m0/s1. The van der Waals surface area contributed by atoms with Gasteiger partial charge in [0.15, 0.2) is 0 Å². The molecule has 24 heavy (non-hydrogen) atoms. The second-order valence-electron chi connectivity index (χ2n) is 7.45. The van der Waals surface area contributed by atoms with Gasteiger partial charge in [0.05, 0.1) is 11.7 Å². The summed E-state index contributed by atoms with van der Waals surface area (Å²) in [6, 6.07) is 3.70. The van der Waals surface area contributed by atoms with E-state index in [1.807, 2.05) is 13.0 Å². The van der Waals surface area contributed by atoms with Crippen LogP contribution in [0.2, 0.25) is 0 Å². The summed E-state index contributed by atoms with van der Waals surface area (Å²) in [5.74, 6) is -0.249. The fourth-order valence-electron chi connectivity index (χ4n) is 4.73. The summed E-state index contributed by atoms with van der Waals surface area (Å²) < 4.78 is 5.13. The van der Waals surface area contributed by atoms with E-state index in [1.165, 1.54) is 25.7 Å². The van der Waals surface area contributed by atoms with E-state index in [1.54, 1.807) is 6.07 Å². The fourth-order valence-corrected chi connectivity index (χ4v) is 4.73. The van der Waals surface area contributed by atoms with Crippen LogP contribution in [0.5, 0.6) is 0 Å². The topological polar surface area (TPSA) is 61.8 Å². The van der Waals surface area contributed by atoms with Gasteiger partial charge in [-0.15, -0.1) is 0 Å². The van der Waals surface area contributed by atoms with Gasteiger partial charge in [-0.05, 0) is 37.0 Å². The highest BCUT2D eigenvalue weighted by molar-refractivity contribution is 5.93. The van der Waals surface area contributed by atoms with Crippen LogP contribution in [-0.4, -0.2) is 47.7 Å². The molecule has 130 valence electrons. The van der Waals surface area contributed by atoms with E-state index in [4.69, 9.17) is 4.74 Å². The van der Waals surface area contributed by atoms with Gasteiger partial charge in [0.1, 0.15) is 6.61 Å². The summed E-state index contributed by atoms with van der Waals surface area (Å²) >= 11 is 0. The predicted octanol–water partition coefficient (Wildman–Crippen LogP) is 1.92. The van der Waals surface area contributed by atoms with Crippen LogP contribution < -0.4 is 5.32 Å². The van der Waals surface area contributed by atoms with Crippen molar-refractivity contribution in [2.24, 2.45) is 0 Å². The van der Waals surface area contributed by atoms with E-state index >= 15 is 0 Å². The van der Waals surface area contributed by atoms with Crippen molar-refractivity contribution in [3.63, 3.8) is 0 Å². The Labute approximate surface area is 143 Å². The van der Waals surface area contributed by atoms with Gasteiger partial charge in [-0.25, -0.2) is 4.79 Å². The van der Waals surface area contributed by atoms with Crippen LogP contribution in [0.4, 0.5) is 0 Å². The van der Waals surface area contributed by atoms with Crippen molar-refractivity contribution < 1.29 is 14.6 Å². The van der Waals surface area contributed by atoms with Crippen LogP contribution in [0.1, 0.15) is 58.8 Å². The number of hydrogen-bond donors (Lipinski definition) is 2. The first kappa shape index (κ1) is 16.1. The Morgan fingerprint density at radius 3 is 2.96 bits per heavy atom. The molecule has 0 aromatic heterocycles. The lowest BCUT2D eigenvalue weighted by Crippen LogP contribution is -2.60. The number of aliphatic hydroxyl groups is 1. The van der Waals surface area contributed by atoms with Crippen molar-refractivity contribution in [1.82, 2.24) is 10.2 Å². The quantitative estimate of drug-likeness (QED) is 0.829. The maximum atomic E-state index is 11.7. The number of nitrogens with zero attached hydrogens (tertiary/aromatic N) is 1. The van der Waals surface area contributed by atoms with Gasteiger partial charge in [-0.1, -0.05) is 18.9 Å². The molecular weight excluding hydrogens is 304 g/mol. The van der Waals surface area contributed by atoms with Crippen molar-refractivity contribution >= 4 is 5.97 Å². The monoisotopic (exact) mass is 330 g/mol. The number of carbonyl (C=O) groups excluding carboxylic acids is 1. The van der Waals surface area contributed by atoms with Crippen molar-refractivity contribution in [2.75, 3.05) is 26.2 Å². The molecule has 2 aliphatic heterocycles. The van der Waals surface area contributed by atoms with Gasteiger partial charge in [0.25, 0.3) is 0 Å². The number of hydrogen-bond acceptors (Lipinski definition) is 5. The first-order chi connectivity index (χ1) is 11.6. The Morgan fingerprint density at radius 2 is 2.17 bits per heavy atom. The molecule has 1 aliphatic carbocycles. The van der Waals surface area contributed by atoms with Crippen LogP contribution in [0.15, 0.2) is 12.1 Å². The van der Waals surface area contributed by atoms with Crippen LogP contribution in [0, 0.1) is 6.92 Å². The van der Waals surface area contributed by atoms with E-state index in [0.29, 0.717) is 18.7 Å². The van der Waals surface area contributed by atoms with Gasteiger partial charge in [-0.3, -0.25) is 4.90 Å². The van der Waals surface area contributed by atoms with E-state index in [0.717, 1.165) is 36.3 Å². The molecule has 3 aliphatic rings. The Balaban J connectivity index is 1.56. The highest BCUT2D eigenvalue weighted by atomic mass is 16.5. The zero-order valence-electron chi connectivity index (χ0n) is 14.3. The molecule has 5 nitrogen and oxygen atoms in total. The van der Waals surface area contributed by atoms with Crippen molar-refractivity contribution in [3.05, 3.63) is 34.4 Å². The average molecular weight is 330 g/mol. The van der Waals surface area contributed by atoms with Crippen LogP contribution in [0.3, 0.4) is 0 Å².